The zero-order chi connectivity index (χ0) is 17.8. The summed E-state index contributed by atoms with van der Waals surface area (Å²) in [5, 5.41) is 2.88. The van der Waals surface area contributed by atoms with Gasteiger partial charge in [0.05, 0.1) is 17.7 Å². The van der Waals surface area contributed by atoms with Crippen LogP contribution in [0.1, 0.15) is 34.5 Å². The molecule has 0 saturated carbocycles. The molecule has 1 unspecified atom stereocenters. The molecule has 2 amide bonds. The van der Waals surface area contributed by atoms with Crippen molar-refractivity contribution in [3.63, 3.8) is 0 Å². The normalized spacial score (nSPS) is 17.4. The van der Waals surface area contributed by atoms with E-state index in [-0.39, 0.29) is 23.5 Å². The van der Waals surface area contributed by atoms with Crippen molar-refractivity contribution in [2.75, 3.05) is 13.1 Å². The van der Waals surface area contributed by atoms with Gasteiger partial charge in [0.15, 0.2) is 0 Å². The zero-order valence-corrected chi connectivity index (χ0v) is 14.1. The van der Waals surface area contributed by atoms with Crippen LogP contribution in [0.2, 0.25) is 0 Å². The number of nitrogens with one attached hydrogen (secondary N) is 1. The van der Waals surface area contributed by atoms with Crippen LogP contribution in [0.4, 0.5) is 4.39 Å². The third-order valence-corrected chi connectivity index (χ3v) is 4.55. The van der Waals surface area contributed by atoms with Crippen LogP contribution >= 0.6 is 0 Å². The number of carbonyl (C=O) groups is 2. The zero-order valence-electron chi connectivity index (χ0n) is 14.1. The summed E-state index contributed by atoms with van der Waals surface area (Å²) in [6, 6.07) is 7.70. The second-order valence-corrected chi connectivity index (χ2v) is 6.33. The first-order chi connectivity index (χ1) is 12.0. The molecule has 1 aromatic carbocycles. The summed E-state index contributed by atoms with van der Waals surface area (Å²) in [7, 11) is 0. The molecule has 2 heterocycles. The van der Waals surface area contributed by atoms with Crippen molar-refractivity contribution < 1.29 is 18.4 Å². The third kappa shape index (κ3) is 4.07. The van der Waals surface area contributed by atoms with E-state index in [9.17, 15) is 14.0 Å². The van der Waals surface area contributed by atoms with Crippen LogP contribution in [0.15, 0.2) is 41.0 Å². The van der Waals surface area contributed by atoms with Gasteiger partial charge >= 0.3 is 0 Å². The van der Waals surface area contributed by atoms with Crippen LogP contribution < -0.4 is 5.32 Å². The standard InChI is InChI=1S/C19H21FN2O3/c1-13-17(8-10-25-13)19(24)22-9-2-3-15(12-22)18(23)21-11-14-4-6-16(20)7-5-14/h4-8,10,15H,2-3,9,11-12H2,1H3,(H,21,23). The quantitative estimate of drug-likeness (QED) is 0.928. The molecular formula is C19H21FN2O3. The van der Waals surface area contributed by atoms with Gasteiger partial charge in [0, 0.05) is 19.6 Å². The molecule has 0 aliphatic carbocycles. The lowest BCUT2D eigenvalue weighted by molar-refractivity contribution is -0.126. The highest BCUT2D eigenvalue weighted by Crippen LogP contribution is 2.20. The molecular weight excluding hydrogens is 323 g/mol. The van der Waals surface area contributed by atoms with Crippen molar-refractivity contribution in [1.82, 2.24) is 10.2 Å². The number of benzene rings is 1. The first-order valence-electron chi connectivity index (χ1n) is 8.40. The molecule has 1 saturated heterocycles. The molecule has 6 heteroatoms. The summed E-state index contributed by atoms with van der Waals surface area (Å²) in [4.78, 5) is 26.7. The summed E-state index contributed by atoms with van der Waals surface area (Å²) >= 11 is 0. The van der Waals surface area contributed by atoms with E-state index < -0.39 is 0 Å². The minimum Gasteiger partial charge on any atom is -0.469 e. The van der Waals surface area contributed by atoms with E-state index in [1.807, 2.05) is 0 Å². The van der Waals surface area contributed by atoms with Gasteiger partial charge in [-0.25, -0.2) is 4.39 Å². The van der Waals surface area contributed by atoms with Gasteiger partial charge in [-0.15, -0.1) is 0 Å². The Hall–Kier alpha value is -2.63. The van der Waals surface area contributed by atoms with Gasteiger partial charge in [-0.2, -0.15) is 0 Å². The van der Waals surface area contributed by atoms with E-state index in [4.69, 9.17) is 4.42 Å². The van der Waals surface area contributed by atoms with Crippen molar-refractivity contribution in [3.05, 3.63) is 59.3 Å². The van der Waals surface area contributed by atoms with Gasteiger partial charge in [-0.05, 0) is 43.5 Å². The van der Waals surface area contributed by atoms with Crippen LogP contribution in [0.5, 0.6) is 0 Å². The molecule has 1 atom stereocenters. The Kier molecular flexibility index (Phi) is 5.16. The van der Waals surface area contributed by atoms with Crippen LogP contribution in [-0.4, -0.2) is 29.8 Å². The summed E-state index contributed by atoms with van der Waals surface area (Å²) in [5.41, 5.74) is 1.39. The SMILES string of the molecule is Cc1occc1C(=O)N1CCCC(C(=O)NCc2ccc(F)cc2)C1. The van der Waals surface area contributed by atoms with Gasteiger partial charge in [0.1, 0.15) is 11.6 Å². The maximum Gasteiger partial charge on any atom is 0.257 e. The maximum absolute atomic E-state index is 12.9. The lowest BCUT2D eigenvalue weighted by Crippen LogP contribution is -2.45. The molecule has 5 nitrogen and oxygen atoms in total. The van der Waals surface area contributed by atoms with Crippen molar-refractivity contribution in [3.8, 4) is 0 Å². The topological polar surface area (TPSA) is 62.6 Å². The summed E-state index contributed by atoms with van der Waals surface area (Å²) in [6.45, 7) is 3.15. The Morgan fingerprint density at radius 2 is 2.04 bits per heavy atom. The highest BCUT2D eigenvalue weighted by molar-refractivity contribution is 5.95. The van der Waals surface area contributed by atoms with E-state index in [1.54, 1.807) is 30.0 Å². The first-order valence-corrected chi connectivity index (χ1v) is 8.40. The number of carbonyl (C=O) groups excluding carboxylic acids is 2. The van der Waals surface area contributed by atoms with E-state index >= 15 is 0 Å². The van der Waals surface area contributed by atoms with Gasteiger partial charge in [0.2, 0.25) is 5.91 Å². The maximum atomic E-state index is 12.9. The lowest BCUT2D eigenvalue weighted by atomic mass is 9.96. The second kappa shape index (κ2) is 7.51. The minimum atomic E-state index is -0.300. The Bertz CT molecular complexity index is 754. The van der Waals surface area contributed by atoms with Crippen LogP contribution in [0.25, 0.3) is 0 Å². The molecule has 25 heavy (non-hydrogen) atoms. The molecule has 1 N–H and O–H groups in total. The number of halogens is 1. The molecule has 0 bridgehead atoms. The Balaban J connectivity index is 1.57. The molecule has 1 aliphatic heterocycles. The van der Waals surface area contributed by atoms with Gasteiger partial charge in [-0.1, -0.05) is 12.1 Å². The molecule has 1 aliphatic rings. The number of hydrogen-bond acceptors (Lipinski definition) is 3. The van der Waals surface area contributed by atoms with E-state index in [0.29, 0.717) is 31.0 Å². The minimum absolute atomic E-state index is 0.0780. The number of likely N-dealkylation sites (tertiary alicyclic amines) is 1. The summed E-state index contributed by atoms with van der Waals surface area (Å²) in [6.07, 6.45) is 3.04. The summed E-state index contributed by atoms with van der Waals surface area (Å²) in [5.74, 6) is -0.114. The Morgan fingerprint density at radius 1 is 1.28 bits per heavy atom. The fourth-order valence-electron chi connectivity index (χ4n) is 3.09. The number of piperidine rings is 1. The van der Waals surface area contributed by atoms with E-state index in [1.165, 1.54) is 18.4 Å². The Morgan fingerprint density at radius 3 is 2.72 bits per heavy atom. The highest BCUT2D eigenvalue weighted by Gasteiger charge is 2.29. The molecule has 132 valence electrons. The number of hydrogen-bond donors (Lipinski definition) is 1. The monoisotopic (exact) mass is 344 g/mol. The number of nitrogens with zero attached hydrogens (tertiary/aromatic N) is 1. The number of aryl methyl sites for hydroxylation is 1. The number of rotatable bonds is 4. The highest BCUT2D eigenvalue weighted by atomic mass is 19.1. The molecule has 0 radical (unpaired) electrons. The molecule has 1 fully saturated rings. The van der Waals surface area contributed by atoms with Gasteiger partial charge in [0.25, 0.3) is 5.91 Å². The van der Waals surface area contributed by atoms with Crippen molar-refractivity contribution in [1.29, 1.82) is 0 Å². The molecule has 1 aromatic heterocycles. The lowest BCUT2D eigenvalue weighted by Gasteiger charge is -2.32. The Labute approximate surface area is 145 Å². The molecule has 2 aromatic rings. The van der Waals surface area contributed by atoms with Crippen molar-refractivity contribution in [2.24, 2.45) is 5.92 Å². The van der Waals surface area contributed by atoms with Crippen molar-refractivity contribution >= 4 is 11.8 Å². The second-order valence-electron chi connectivity index (χ2n) is 6.33. The van der Waals surface area contributed by atoms with E-state index in [2.05, 4.69) is 5.32 Å². The average molecular weight is 344 g/mol. The van der Waals surface area contributed by atoms with E-state index in [0.717, 1.165) is 18.4 Å². The molecule has 0 spiro atoms. The fraction of sp³-hybridized carbons (Fsp3) is 0.368. The van der Waals surface area contributed by atoms with Crippen LogP contribution in [0, 0.1) is 18.7 Å². The third-order valence-electron chi connectivity index (χ3n) is 4.55. The number of amides is 2. The first kappa shape index (κ1) is 17.2. The fourth-order valence-corrected chi connectivity index (χ4v) is 3.09. The van der Waals surface area contributed by atoms with Crippen molar-refractivity contribution in [2.45, 2.75) is 26.3 Å². The average Bonchev–Trinajstić information content (AvgIpc) is 3.06. The van der Waals surface area contributed by atoms with Gasteiger partial charge < -0.3 is 14.6 Å². The number of furan rings is 1. The smallest absolute Gasteiger partial charge is 0.257 e. The molecule has 3 rings (SSSR count). The van der Waals surface area contributed by atoms with Gasteiger partial charge in [-0.3, -0.25) is 9.59 Å². The predicted molar refractivity (Wildman–Crippen MR) is 90.3 cm³/mol. The summed E-state index contributed by atoms with van der Waals surface area (Å²) < 4.78 is 18.1. The predicted octanol–water partition coefficient (Wildman–Crippen LogP) is 2.90. The van der Waals surface area contributed by atoms with Crippen LogP contribution in [-0.2, 0) is 11.3 Å². The largest absolute Gasteiger partial charge is 0.469 e. The van der Waals surface area contributed by atoms with Crippen LogP contribution in [0.3, 0.4) is 0 Å².